The van der Waals surface area contributed by atoms with Gasteiger partial charge in [0.1, 0.15) is 0 Å². The van der Waals surface area contributed by atoms with Gasteiger partial charge in [-0.2, -0.15) is 0 Å². The Hall–Kier alpha value is -0.610. The summed E-state index contributed by atoms with van der Waals surface area (Å²) in [4.78, 5) is 5.53. The van der Waals surface area contributed by atoms with E-state index >= 15 is 0 Å². The molecule has 0 bridgehead atoms. The van der Waals surface area contributed by atoms with Crippen LogP contribution >= 0.6 is 12.2 Å². The van der Waals surface area contributed by atoms with E-state index in [-0.39, 0.29) is 0 Å². The van der Waals surface area contributed by atoms with Crippen molar-refractivity contribution in [2.45, 2.75) is 26.3 Å². The molecule has 2 rings (SSSR count). The number of rotatable bonds is 1. The first-order valence-corrected chi connectivity index (χ1v) is 5.95. The molecule has 15 heavy (non-hydrogen) atoms. The molecule has 2 atom stereocenters. The number of likely N-dealkylation sites (tertiary alicyclic amines) is 1. The molecule has 1 aromatic rings. The van der Waals surface area contributed by atoms with Crippen LogP contribution in [0.5, 0.6) is 0 Å². The van der Waals surface area contributed by atoms with Crippen molar-refractivity contribution in [3.63, 3.8) is 0 Å². The smallest absolute Gasteiger partial charge is 0.177 e. The number of hydrogen-bond acceptors (Lipinski definition) is 2. The highest BCUT2D eigenvalue weighted by molar-refractivity contribution is 7.71. The van der Waals surface area contributed by atoms with E-state index in [4.69, 9.17) is 12.2 Å². The second kappa shape index (κ2) is 4.10. The van der Waals surface area contributed by atoms with Gasteiger partial charge in [-0.15, -0.1) is 0 Å². The summed E-state index contributed by atoms with van der Waals surface area (Å²) in [7, 11) is 2.19. The summed E-state index contributed by atoms with van der Waals surface area (Å²) in [6.45, 7) is 6.77. The van der Waals surface area contributed by atoms with Crippen LogP contribution in [0.1, 0.15) is 25.1 Å². The molecule has 0 aromatic carbocycles. The molecule has 84 valence electrons. The Morgan fingerprint density at radius 3 is 2.80 bits per heavy atom. The zero-order valence-electron chi connectivity index (χ0n) is 9.66. The minimum atomic E-state index is 0.569. The summed E-state index contributed by atoms with van der Waals surface area (Å²) < 4.78 is 3.15. The fourth-order valence-electron chi connectivity index (χ4n) is 2.60. The van der Waals surface area contributed by atoms with E-state index in [1.807, 2.05) is 6.20 Å². The zero-order chi connectivity index (χ0) is 11.0. The lowest BCUT2D eigenvalue weighted by atomic mass is 9.94. The molecule has 0 amide bonds. The van der Waals surface area contributed by atoms with Gasteiger partial charge in [0, 0.05) is 24.5 Å². The van der Waals surface area contributed by atoms with E-state index in [2.05, 4.69) is 35.3 Å². The predicted molar refractivity (Wildman–Crippen MR) is 64.7 cm³/mol. The first-order chi connectivity index (χ1) is 7.09. The molecule has 1 N–H and O–H groups in total. The Morgan fingerprint density at radius 1 is 1.53 bits per heavy atom. The molecule has 4 heteroatoms. The lowest BCUT2D eigenvalue weighted by Crippen LogP contribution is -2.38. The predicted octanol–water partition coefficient (Wildman–Crippen LogP) is 2.37. The number of aromatic nitrogens is 2. The van der Waals surface area contributed by atoms with Crippen molar-refractivity contribution in [3.8, 4) is 0 Å². The second-order valence-electron chi connectivity index (χ2n) is 4.70. The van der Waals surface area contributed by atoms with Crippen molar-refractivity contribution in [2.75, 3.05) is 20.1 Å². The van der Waals surface area contributed by atoms with Crippen molar-refractivity contribution in [1.82, 2.24) is 14.5 Å². The number of imidazole rings is 1. The molecule has 3 nitrogen and oxygen atoms in total. The third-order valence-electron chi connectivity index (χ3n) is 3.40. The van der Waals surface area contributed by atoms with Gasteiger partial charge in [-0.3, -0.25) is 0 Å². The molecule has 0 spiro atoms. The lowest BCUT2D eigenvalue weighted by Gasteiger charge is -2.36. The van der Waals surface area contributed by atoms with E-state index in [9.17, 15) is 0 Å². The molecule has 2 unspecified atom stereocenters. The van der Waals surface area contributed by atoms with Crippen LogP contribution in [0.3, 0.4) is 0 Å². The molecular formula is C11H19N3S. The van der Waals surface area contributed by atoms with E-state index in [1.165, 1.54) is 18.7 Å². The fourth-order valence-corrected chi connectivity index (χ4v) is 2.94. The van der Waals surface area contributed by atoms with Gasteiger partial charge in [0.05, 0.1) is 0 Å². The molecular weight excluding hydrogens is 206 g/mol. The number of H-pyrrole nitrogens is 1. The molecule has 2 heterocycles. The minimum Gasteiger partial charge on any atom is -0.337 e. The Bertz CT molecular complexity index is 393. The average molecular weight is 225 g/mol. The Labute approximate surface area is 96.1 Å². The summed E-state index contributed by atoms with van der Waals surface area (Å²) in [5.74, 6) is 0.671. The number of nitrogens with zero attached hydrogens (tertiary/aromatic N) is 2. The highest BCUT2D eigenvalue weighted by Gasteiger charge is 2.26. The quantitative estimate of drug-likeness (QED) is 0.742. The normalized spacial score (nSPS) is 28.2. The standard InChI is InChI=1S/C11H19N3S/c1-8-7-13(3)5-4-10(8)14-9(2)6-12-11(14)15/h6,8,10H,4-5,7H2,1-3H3,(H,12,15). The Morgan fingerprint density at radius 2 is 2.27 bits per heavy atom. The number of nitrogens with one attached hydrogen (secondary N) is 1. The van der Waals surface area contributed by atoms with E-state index in [0.717, 1.165) is 11.3 Å². The topological polar surface area (TPSA) is 24.0 Å². The van der Waals surface area contributed by atoms with Crippen LogP contribution in [-0.4, -0.2) is 34.6 Å². The first kappa shape index (κ1) is 10.9. The van der Waals surface area contributed by atoms with Crippen molar-refractivity contribution >= 4 is 12.2 Å². The first-order valence-electron chi connectivity index (χ1n) is 5.54. The average Bonchev–Trinajstić information content (AvgIpc) is 2.48. The number of hydrogen-bond donors (Lipinski definition) is 1. The van der Waals surface area contributed by atoms with E-state index < -0.39 is 0 Å². The molecule has 0 radical (unpaired) electrons. The van der Waals surface area contributed by atoms with Gasteiger partial charge in [-0.25, -0.2) is 0 Å². The molecule has 1 fully saturated rings. The molecule has 0 aliphatic carbocycles. The fraction of sp³-hybridized carbons (Fsp3) is 0.727. The van der Waals surface area contributed by atoms with Gasteiger partial charge in [0.2, 0.25) is 0 Å². The summed E-state index contributed by atoms with van der Waals surface area (Å²) in [6.07, 6.45) is 3.21. The van der Waals surface area contributed by atoms with Crippen LogP contribution in [0.2, 0.25) is 0 Å². The largest absolute Gasteiger partial charge is 0.337 e. The van der Waals surface area contributed by atoms with Crippen molar-refractivity contribution in [1.29, 1.82) is 0 Å². The highest BCUT2D eigenvalue weighted by atomic mass is 32.1. The monoisotopic (exact) mass is 225 g/mol. The zero-order valence-corrected chi connectivity index (χ0v) is 10.5. The van der Waals surface area contributed by atoms with Gasteiger partial charge < -0.3 is 14.5 Å². The van der Waals surface area contributed by atoms with Gasteiger partial charge in [-0.1, -0.05) is 6.92 Å². The Balaban J connectivity index is 2.28. The van der Waals surface area contributed by atoms with Gasteiger partial charge in [0.15, 0.2) is 4.77 Å². The molecule has 1 aromatic heterocycles. The van der Waals surface area contributed by atoms with Gasteiger partial charge in [0.25, 0.3) is 0 Å². The van der Waals surface area contributed by atoms with Gasteiger partial charge in [-0.05, 0) is 45.1 Å². The van der Waals surface area contributed by atoms with Crippen LogP contribution in [0.4, 0.5) is 0 Å². The maximum Gasteiger partial charge on any atom is 0.177 e. The lowest BCUT2D eigenvalue weighted by molar-refractivity contribution is 0.156. The van der Waals surface area contributed by atoms with Crippen LogP contribution in [0.15, 0.2) is 6.20 Å². The SMILES string of the molecule is Cc1c[nH]c(=S)n1C1CCN(C)CC1C. The maximum atomic E-state index is 5.33. The third kappa shape index (κ3) is 2.01. The summed E-state index contributed by atoms with van der Waals surface area (Å²) in [5, 5.41) is 0. The van der Waals surface area contributed by atoms with E-state index in [0.29, 0.717) is 12.0 Å². The number of aromatic amines is 1. The van der Waals surface area contributed by atoms with Crippen LogP contribution in [0.25, 0.3) is 0 Å². The number of piperidine rings is 1. The van der Waals surface area contributed by atoms with Crippen molar-refractivity contribution < 1.29 is 0 Å². The number of aryl methyl sites for hydroxylation is 1. The van der Waals surface area contributed by atoms with Crippen LogP contribution in [0, 0.1) is 17.6 Å². The molecule has 1 saturated heterocycles. The van der Waals surface area contributed by atoms with Crippen LogP contribution in [-0.2, 0) is 0 Å². The second-order valence-corrected chi connectivity index (χ2v) is 5.09. The highest BCUT2D eigenvalue weighted by Crippen LogP contribution is 2.28. The molecule has 1 aliphatic rings. The maximum absolute atomic E-state index is 5.33. The molecule has 0 saturated carbocycles. The summed E-state index contributed by atoms with van der Waals surface area (Å²) in [5.41, 5.74) is 1.25. The molecule has 1 aliphatic heterocycles. The minimum absolute atomic E-state index is 0.569. The summed E-state index contributed by atoms with van der Waals surface area (Å²) >= 11 is 5.33. The summed E-state index contributed by atoms with van der Waals surface area (Å²) in [6, 6.07) is 0.569. The third-order valence-corrected chi connectivity index (χ3v) is 3.71. The Kier molecular flexibility index (Phi) is 2.98. The van der Waals surface area contributed by atoms with Crippen molar-refractivity contribution in [2.24, 2.45) is 5.92 Å². The van der Waals surface area contributed by atoms with Crippen LogP contribution < -0.4 is 0 Å². The van der Waals surface area contributed by atoms with Gasteiger partial charge >= 0.3 is 0 Å². The van der Waals surface area contributed by atoms with E-state index in [1.54, 1.807) is 0 Å². The van der Waals surface area contributed by atoms with Crippen molar-refractivity contribution in [3.05, 3.63) is 16.7 Å².